The van der Waals surface area contributed by atoms with Gasteiger partial charge in [-0.1, -0.05) is 54.1 Å². The molecule has 0 amide bonds. The van der Waals surface area contributed by atoms with Gasteiger partial charge in [0, 0.05) is 23.6 Å². The number of halogens is 1. The molecule has 5 rings (SSSR count). The van der Waals surface area contributed by atoms with Crippen LogP contribution in [0.3, 0.4) is 0 Å². The van der Waals surface area contributed by atoms with Gasteiger partial charge < -0.3 is 14.6 Å². The Labute approximate surface area is 214 Å². The maximum absolute atomic E-state index is 12.7. The van der Waals surface area contributed by atoms with Gasteiger partial charge in [0.1, 0.15) is 17.2 Å². The predicted molar refractivity (Wildman–Crippen MR) is 140 cm³/mol. The summed E-state index contributed by atoms with van der Waals surface area (Å²) in [5, 5.41) is 12.2. The third-order valence-corrected chi connectivity index (χ3v) is 6.78. The van der Waals surface area contributed by atoms with E-state index in [1.54, 1.807) is 36.4 Å². The third-order valence-electron chi connectivity index (χ3n) is 6.49. The maximum atomic E-state index is 12.7. The van der Waals surface area contributed by atoms with Gasteiger partial charge in [-0.3, -0.25) is 9.59 Å². The molecular formula is C30H25ClO5. The molecule has 1 N–H and O–H groups in total. The Morgan fingerprint density at radius 2 is 1.75 bits per heavy atom. The van der Waals surface area contributed by atoms with Gasteiger partial charge in [0.05, 0.1) is 17.5 Å². The molecule has 1 atom stereocenters. The van der Waals surface area contributed by atoms with Crippen molar-refractivity contribution in [2.24, 2.45) is 0 Å². The zero-order chi connectivity index (χ0) is 25.1. The number of hydrogen-bond donors (Lipinski definition) is 1. The number of carboxylic acids is 1. The summed E-state index contributed by atoms with van der Waals surface area (Å²) in [6.07, 6.45) is 2.49. The molecule has 0 spiro atoms. The van der Waals surface area contributed by atoms with Gasteiger partial charge in [-0.15, -0.1) is 0 Å². The normalized spacial score (nSPS) is 14.6. The lowest BCUT2D eigenvalue weighted by molar-refractivity contribution is -0.139. The van der Waals surface area contributed by atoms with Crippen LogP contribution in [0.1, 0.15) is 46.7 Å². The Hall–Kier alpha value is -3.83. The molecule has 0 aliphatic carbocycles. The number of carboxylic acid groups (broad SMARTS) is 1. The van der Waals surface area contributed by atoms with Gasteiger partial charge >= 0.3 is 5.97 Å². The van der Waals surface area contributed by atoms with E-state index in [-0.39, 0.29) is 5.78 Å². The smallest absolute Gasteiger partial charge is 0.311 e. The molecule has 0 fully saturated rings. The van der Waals surface area contributed by atoms with Crippen molar-refractivity contribution in [2.45, 2.75) is 31.6 Å². The summed E-state index contributed by atoms with van der Waals surface area (Å²) in [7, 11) is 0. The Bertz CT molecular complexity index is 1430. The second-order valence-corrected chi connectivity index (χ2v) is 9.34. The number of rotatable bonds is 8. The van der Waals surface area contributed by atoms with Gasteiger partial charge in [-0.05, 0) is 65.9 Å². The van der Waals surface area contributed by atoms with E-state index in [2.05, 4.69) is 30.3 Å². The quantitative estimate of drug-likeness (QED) is 0.254. The molecule has 4 aromatic carbocycles. The van der Waals surface area contributed by atoms with Gasteiger partial charge in [0.25, 0.3) is 0 Å². The number of benzene rings is 4. The molecule has 4 aromatic rings. The number of Topliss-reactive ketones (excluding diaryl/α,β-unsaturated/α-hetero) is 1. The molecule has 6 heteroatoms. The lowest BCUT2D eigenvalue weighted by atomic mass is 9.93. The highest BCUT2D eigenvalue weighted by Crippen LogP contribution is 2.41. The number of ether oxygens (including phenoxy) is 2. The molecule has 0 saturated heterocycles. The first-order valence-electron chi connectivity index (χ1n) is 12.0. The first-order chi connectivity index (χ1) is 17.5. The lowest BCUT2D eigenvalue weighted by Gasteiger charge is -2.24. The number of aryl methyl sites for hydroxylation is 1. The van der Waals surface area contributed by atoms with Crippen molar-refractivity contribution in [3.8, 4) is 17.2 Å². The van der Waals surface area contributed by atoms with Crippen LogP contribution in [0.25, 0.3) is 10.8 Å². The highest BCUT2D eigenvalue weighted by atomic mass is 35.5. The summed E-state index contributed by atoms with van der Waals surface area (Å²) >= 11 is 6.38. The van der Waals surface area contributed by atoms with E-state index in [9.17, 15) is 14.7 Å². The van der Waals surface area contributed by atoms with Crippen LogP contribution in [0.5, 0.6) is 17.2 Å². The van der Waals surface area contributed by atoms with Gasteiger partial charge in [-0.25, -0.2) is 0 Å². The fourth-order valence-electron chi connectivity index (χ4n) is 4.55. The minimum absolute atomic E-state index is 0.0854. The van der Waals surface area contributed by atoms with Crippen LogP contribution in [0, 0.1) is 0 Å². The van der Waals surface area contributed by atoms with E-state index in [0.29, 0.717) is 52.8 Å². The van der Waals surface area contributed by atoms with Crippen molar-refractivity contribution in [1.82, 2.24) is 0 Å². The SMILES string of the molecule is O=C(CCCc1ccc2ccccc2c1)c1ccc(Oc2cc3c(cc2Cl)C(C(=O)O)CCO3)cc1. The molecule has 0 bridgehead atoms. The summed E-state index contributed by atoms with van der Waals surface area (Å²) in [4.78, 5) is 24.2. The van der Waals surface area contributed by atoms with Crippen LogP contribution in [0.2, 0.25) is 5.02 Å². The maximum Gasteiger partial charge on any atom is 0.311 e. The lowest BCUT2D eigenvalue weighted by Crippen LogP contribution is -2.20. The number of aliphatic carboxylic acids is 1. The summed E-state index contributed by atoms with van der Waals surface area (Å²) in [5.41, 5.74) is 2.41. The molecule has 0 aromatic heterocycles. The zero-order valence-electron chi connectivity index (χ0n) is 19.6. The third kappa shape index (κ3) is 5.21. The number of carbonyl (C=O) groups excluding carboxylic acids is 1. The summed E-state index contributed by atoms with van der Waals surface area (Å²) in [6, 6.07) is 24.9. The first kappa shape index (κ1) is 23.9. The minimum atomic E-state index is -0.901. The molecule has 5 nitrogen and oxygen atoms in total. The van der Waals surface area contributed by atoms with Crippen molar-refractivity contribution < 1.29 is 24.2 Å². The van der Waals surface area contributed by atoms with Crippen LogP contribution in [-0.4, -0.2) is 23.5 Å². The Balaban J connectivity index is 1.20. The first-order valence-corrected chi connectivity index (χ1v) is 12.3. The van der Waals surface area contributed by atoms with Crippen LogP contribution in [0.15, 0.2) is 78.9 Å². The van der Waals surface area contributed by atoms with Crippen molar-refractivity contribution in [2.75, 3.05) is 6.61 Å². The van der Waals surface area contributed by atoms with E-state index in [0.717, 1.165) is 12.8 Å². The topological polar surface area (TPSA) is 72.8 Å². The van der Waals surface area contributed by atoms with Crippen LogP contribution in [0.4, 0.5) is 0 Å². The van der Waals surface area contributed by atoms with E-state index in [4.69, 9.17) is 21.1 Å². The summed E-state index contributed by atoms with van der Waals surface area (Å²) in [6.45, 7) is 0.322. The van der Waals surface area contributed by atoms with Crippen LogP contribution < -0.4 is 9.47 Å². The van der Waals surface area contributed by atoms with Crippen molar-refractivity contribution >= 4 is 34.1 Å². The minimum Gasteiger partial charge on any atom is -0.493 e. The average molecular weight is 501 g/mol. The van der Waals surface area contributed by atoms with Crippen molar-refractivity contribution in [1.29, 1.82) is 0 Å². The van der Waals surface area contributed by atoms with Gasteiger partial charge in [0.2, 0.25) is 0 Å². The monoisotopic (exact) mass is 500 g/mol. The molecule has 1 aliphatic heterocycles. The predicted octanol–water partition coefficient (Wildman–Crippen LogP) is 7.44. The molecular weight excluding hydrogens is 476 g/mol. The Morgan fingerprint density at radius 3 is 2.53 bits per heavy atom. The number of carbonyl (C=O) groups is 2. The molecule has 182 valence electrons. The molecule has 1 heterocycles. The van der Waals surface area contributed by atoms with E-state index >= 15 is 0 Å². The second-order valence-electron chi connectivity index (χ2n) is 8.93. The summed E-state index contributed by atoms with van der Waals surface area (Å²) < 4.78 is 11.5. The van der Waals surface area contributed by atoms with E-state index < -0.39 is 11.9 Å². The van der Waals surface area contributed by atoms with Crippen molar-refractivity contribution in [3.63, 3.8) is 0 Å². The van der Waals surface area contributed by atoms with Crippen molar-refractivity contribution in [3.05, 3.63) is 101 Å². The summed E-state index contributed by atoms with van der Waals surface area (Å²) in [5.74, 6) is -0.103. The largest absolute Gasteiger partial charge is 0.493 e. The fourth-order valence-corrected chi connectivity index (χ4v) is 4.76. The highest BCUT2D eigenvalue weighted by molar-refractivity contribution is 6.32. The van der Waals surface area contributed by atoms with Crippen LogP contribution >= 0.6 is 11.6 Å². The average Bonchev–Trinajstić information content (AvgIpc) is 2.89. The second kappa shape index (κ2) is 10.4. The highest BCUT2D eigenvalue weighted by Gasteiger charge is 2.29. The molecule has 0 radical (unpaired) electrons. The molecule has 1 unspecified atom stereocenters. The number of hydrogen-bond acceptors (Lipinski definition) is 4. The number of fused-ring (bicyclic) bond motifs is 2. The number of ketones is 1. The Morgan fingerprint density at radius 1 is 0.972 bits per heavy atom. The zero-order valence-corrected chi connectivity index (χ0v) is 20.3. The molecule has 1 aliphatic rings. The Kier molecular flexibility index (Phi) is 6.92. The fraction of sp³-hybridized carbons (Fsp3) is 0.200. The molecule has 36 heavy (non-hydrogen) atoms. The van der Waals surface area contributed by atoms with Gasteiger partial charge in [0.15, 0.2) is 5.78 Å². The standard InChI is InChI=1S/C30H25ClO5/c31-26-17-25-24(30(33)34)14-15-35-28(25)18-29(26)36-23-12-10-21(11-13-23)27(32)7-3-4-19-8-9-20-5-1-2-6-22(20)16-19/h1-2,5-6,8-13,16-18,24H,3-4,7,14-15H2,(H,33,34). The van der Waals surface area contributed by atoms with Crippen LogP contribution in [-0.2, 0) is 11.2 Å². The molecule has 0 saturated carbocycles. The van der Waals surface area contributed by atoms with E-state index in [1.165, 1.54) is 16.3 Å². The van der Waals surface area contributed by atoms with Gasteiger partial charge in [-0.2, -0.15) is 0 Å². The van der Waals surface area contributed by atoms with E-state index in [1.807, 2.05) is 12.1 Å².